The van der Waals surface area contributed by atoms with E-state index >= 15 is 0 Å². The molecule has 0 radical (unpaired) electrons. The van der Waals surface area contributed by atoms with Gasteiger partial charge >= 0.3 is 5.97 Å². The molecule has 4 rings (SSSR count). The summed E-state index contributed by atoms with van der Waals surface area (Å²) in [5.74, 6) is 6.77. The van der Waals surface area contributed by atoms with Crippen LogP contribution in [0.25, 0.3) is 5.57 Å². The fraction of sp³-hybridized carbons (Fsp3) is 0.324. The fourth-order valence-electron chi connectivity index (χ4n) is 4.62. The Hall–Kier alpha value is -3.56. The number of carbonyl (C=O) groups excluding carboxylic acids is 1. The monoisotopic (exact) mass is 557 g/mol. The summed E-state index contributed by atoms with van der Waals surface area (Å²) in [7, 11) is 0. The molecule has 1 aliphatic rings. The molecule has 5 nitrogen and oxygen atoms in total. The zero-order chi connectivity index (χ0) is 28.3. The first-order chi connectivity index (χ1) is 19.4. The number of ether oxygens (including phenoxy) is 3. The predicted molar refractivity (Wildman–Crippen MR) is 161 cm³/mol. The van der Waals surface area contributed by atoms with E-state index in [1.807, 2.05) is 63.2 Å². The van der Waals surface area contributed by atoms with Gasteiger partial charge < -0.3 is 14.2 Å². The number of carbonyl (C=O) groups is 1. The van der Waals surface area contributed by atoms with Gasteiger partial charge in [-0.05, 0) is 91.1 Å². The first kappa shape index (κ1) is 29.4. The van der Waals surface area contributed by atoms with Crippen LogP contribution >= 0.6 is 11.6 Å². The average Bonchev–Trinajstić information content (AvgIpc) is 2.97. The number of hydrogen-bond acceptors (Lipinski definition) is 5. The van der Waals surface area contributed by atoms with Crippen LogP contribution in [0.15, 0.2) is 72.8 Å². The summed E-state index contributed by atoms with van der Waals surface area (Å²) in [6.45, 7) is 10.6. The van der Waals surface area contributed by atoms with Crippen LogP contribution < -0.4 is 4.74 Å². The Kier molecular flexibility index (Phi) is 10.8. The van der Waals surface area contributed by atoms with Crippen LogP contribution in [-0.4, -0.2) is 56.9 Å². The second kappa shape index (κ2) is 14.7. The quantitative estimate of drug-likeness (QED) is 0.222. The number of hydrogen-bond donors (Lipinski definition) is 0. The van der Waals surface area contributed by atoms with E-state index in [9.17, 15) is 4.79 Å². The van der Waals surface area contributed by atoms with E-state index in [0.717, 1.165) is 72.0 Å². The van der Waals surface area contributed by atoms with Crippen LogP contribution in [0.4, 0.5) is 0 Å². The van der Waals surface area contributed by atoms with Gasteiger partial charge in [-0.2, -0.15) is 0 Å². The summed E-state index contributed by atoms with van der Waals surface area (Å²) in [5.41, 5.74) is 6.08. The molecule has 6 heteroatoms. The summed E-state index contributed by atoms with van der Waals surface area (Å²) in [6.07, 6.45) is 2.08. The minimum atomic E-state index is -0.322. The summed E-state index contributed by atoms with van der Waals surface area (Å²) in [4.78, 5) is 14.5. The Balaban J connectivity index is 1.47. The van der Waals surface area contributed by atoms with Gasteiger partial charge in [-0.15, -0.1) is 0 Å². The topological polar surface area (TPSA) is 48.0 Å². The summed E-state index contributed by atoms with van der Waals surface area (Å²) in [6, 6.07) is 21.9. The van der Waals surface area contributed by atoms with Crippen molar-refractivity contribution >= 4 is 23.1 Å². The van der Waals surface area contributed by atoms with Crippen LogP contribution in [-0.2, 0) is 14.3 Å². The lowest BCUT2D eigenvalue weighted by atomic mass is 9.96. The molecule has 0 aromatic heterocycles. The minimum absolute atomic E-state index is 0.219. The molecule has 0 aliphatic carbocycles. The molecule has 0 amide bonds. The molecule has 0 saturated carbocycles. The van der Waals surface area contributed by atoms with Gasteiger partial charge in [-0.1, -0.05) is 53.8 Å². The maximum absolute atomic E-state index is 12.2. The van der Waals surface area contributed by atoms with Crippen molar-refractivity contribution in [2.75, 3.05) is 46.1 Å². The molecular weight excluding hydrogens is 522 g/mol. The molecule has 0 N–H and O–H groups in total. The maximum atomic E-state index is 12.2. The molecule has 40 heavy (non-hydrogen) atoms. The molecule has 1 aliphatic heterocycles. The number of aryl methyl sites for hydroxylation is 1. The molecule has 3 aromatic rings. The van der Waals surface area contributed by atoms with Gasteiger partial charge in [0.1, 0.15) is 12.4 Å². The highest BCUT2D eigenvalue weighted by Gasteiger charge is 2.18. The lowest BCUT2D eigenvalue weighted by Gasteiger charge is -2.24. The smallest absolute Gasteiger partial charge is 0.313 e. The van der Waals surface area contributed by atoms with E-state index in [4.69, 9.17) is 25.8 Å². The Morgan fingerprint density at radius 1 is 1.05 bits per heavy atom. The second-order valence-corrected chi connectivity index (χ2v) is 10.1. The van der Waals surface area contributed by atoms with E-state index in [1.54, 1.807) is 0 Å². The molecule has 0 bridgehead atoms. The first-order valence-electron chi connectivity index (χ1n) is 13.7. The van der Waals surface area contributed by atoms with E-state index < -0.39 is 0 Å². The third-order valence-corrected chi connectivity index (χ3v) is 7.13. The number of morpholine rings is 1. The fourth-order valence-corrected chi connectivity index (χ4v) is 4.74. The SMILES string of the molecule is CCOC(=O)C(C)c1ccc(OC/C=C(\c2ccc(Cl)cc2)c2ccc(C#CCN3CCOCC3)cc2)cc1C. The Bertz CT molecular complexity index is 1360. The Morgan fingerprint density at radius 3 is 2.38 bits per heavy atom. The van der Waals surface area contributed by atoms with Gasteiger partial charge in [0, 0.05) is 23.7 Å². The molecule has 1 atom stereocenters. The highest BCUT2D eigenvalue weighted by Crippen LogP contribution is 2.27. The molecular formula is C34H36ClNO4. The lowest BCUT2D eigenvalue weighted by molar-refractivity contribution is -0.144. The molecule has 1 heterocycles. The van der Waals surface area contributed by atoms with E-state index in [1.165, 1.54) is 0 Å². The highest BCUT2D eigenvalue weighted by atomic mass is 35.5. The van der Waals surface area contributed by atoms with Gasteiger partial charge in [0.05, 0.1) is 32.3 Å². The summed E-state index contributed by atoms with van der Waals surface area (Å²) >= 11 is 6.16. The zero-order valence-corrected chi connectivity index (χ0v) is 24.2. The van der Waals surface area contributed by atoms with Gasteiger partial charge in [-0.3, -0.25) is 9.69 Å². The van der Waals surface area contributed by atoms with E-state index in [-0.39, 0.29) is 11.9 Å². The molecule has 1 unspecified atom stereocenters. The van der Waals surface area contributed by atoms with Crippen molar-refractivity contribution in [1.82, 2.24) is 4.90 Å². The van der Waals surface area contributed by atoms with Crippen molar-refractivity contribution in [2.24, 2.45) is 0 Å². The Morgan fingerprint density at radius 2 is 1.73 bits per heavy atom. The predicted octanol–water partition coefficient (Wildman–Crippen LogP) is 6.51. The van der Waals surface area contributed by atoms with Crippen LogP contribution in [0.5, 0.6) is 5.75 Å². The summed E-state index contributed by atoms with van der Waals surface area (Å²) < 4.78 is 16.7. The zero-order valence-electron chi connectivity index (χ0n) is 23.4. The van der Waals surface area contributed by atoms with Crippen molar-refractivity contribution in [3.05, 3.63) is 106 Å². The lowest BCUT2D eigenvalue weighted by Crippen LogP contribution is -2.36. The minimum Gasteiger partial charge on any atom is -0.490 e. The third-order valence-electron chi connectivity index (χ3n) is 6.88. The van der Waals surface area contributed by atoms with Crippen LogP contribution in [0, 0.1) is 18.8 Å². The van der Waals surface area contributed by atoms with E-state index in [0.29, 0.717) is 18.2 Å². The van der Waals surface area contributed by atoms with Crippen molar-refractivity contribution in [1.29, 1.82) is 0 Å². The van der Waals surface area contributed by atoms with Crippen molar-refractivity contribution in [3.8, 4) is 17.6 Å². The maximum Gasteiger partial charge on any atom is 0.313 e. The molecule has 3 aromatic carbocycles. The summed E-state index contributed by atoms with van der Waals surface area (Å²) in [5, 5.41) is 0.692. The van der Waals surface area contributed by atoms with Crippen molar-refractivity contribution < 1.29 is 19.0 Å². The van der Waals surface area contributed by atoms with Gasteiger partial charge in [0.25, 0.3) is 0 Å². The van der Waals surface area contributed by atoms with Crippen LogP contribution in [0.3, 0.4) is 0 Å². The number of esters is 1. The van der Waals surface area contributed by atoms with E-state index in [2.05, 4.69) is 47.1 Å². The molecule has 1 fully saturated rings. The van der Waals surface area contributed by atoms with Gasteiger partial charge in [0.2, 0.25) is 0 Å². The number of benzene rings is 3. The normalized spacial score (nSPS) is 14.7. The molecule has 1 saturated heterocycles. The van der Waals surface area contributed by atoms with Crippen molar-refractivity contribution in [2.45, 2.75) is 26.7 Å². The average molecular weight is 558 g/mol. The number of nitrogens with zero attached hydrogens (tertiary/aromatic N) is 1. The standard InChI is InChI=1S/C34H36ClNO4/c1-4-39-34(37)26(3)32-16-15-31(24-25(32)2)40-21-17-33(29-11-13-30(35)14-12-29)28-9-7-27(8-10-28)6-5-18-36-19-22-38-23-20-36/h7-17,24,26H,4,18-23H2,1-3H3/b33-17-. The number of rotatable bonds is 9. The van der Waals surface area contributed by atoms with Gasteiger partial charge in [0.15, 0.2) is 0 Å². The van der Waals surface area contributed by atoms with Gasteiger partial charge in [-0.25, -0.2) is 0 Å². The first-order valence-corrected chi connectivity index (χ1v) is 14.1. The van der Waals surface area contributed by atoms with Crippen LogP contribution in [0.2, 0.25) is 5.02 Å². The Labute approximate surface area is 242 Å². The van der Waals surface area contributed by atoms with Crippen LogP contribution in [0.1, 0.15) is 47.6 Å². The largest absolute Gasteiger partial charge is 0.490 e. The van der Waals surface area contributed by atoms with Crippen molar-refractivity contribution in [3.63, 3.8) is 0 Å². The number of halogens is 1. The third kappa shape index (κ3) is 8.22. The molecule has 0 spiro atoms. The molecule has 208 valence electrons. The highest BCUT2D eigenvalue weighted by molar-refractivity contribution is 6.30. The second-order valence-electron chi connectivity index (χ2n) is 9.70.